The number of pyridine rings is 1. The molecule has 1 aromatic carbocycles. The number of hydrogen-bond acceptors (Lipinski definition) is 3. The van der Waals surface area contributed by atoms with Crippen molar-refractivity contribution in [1.29, 1.82) is 0 Å². The van der Waals surface area contributed by atoms with Gasteiger partial charge in [0.1, 0.15) is 0 Å². The molecule has 86 valence electrons. The summed E-state index contributed by atoms with van der Waals surface area (Å²) < 4.78 is 0. The largest absolute Gasteiger partial charge is 0.278 e. The second kappa shape index (κ2) is 5.66. The fraction of sp³-hybridized carbons (Fsp3) is 0. The van der Waals surface area contributed by atoms with Gasteiger partial charge in [0.25, 0.3) is 0 Å². The van der Waals surface area contributed by atoms with E-state index in [-0.39, 0.29) is 0 Å². The molecule has 0 aliphatic heterocycles. The molecule has 0 bridgehead atoms. The fourth-order valence-electron chi connectivity index (χ4n) is 1.19. The summed E-state index contributed by atoms with van der Waals surface area (Å²) in [5.41, 5.74) is 4.40. The number of hydrogen-bond donors (Lipinski definition) is 1. The molecule has 0 saturated carbocycles. The smallest absolute Gasteiger partial charge is 0.0830 e. The minimum absolute atomic E-state index is 0.490. The highest BCUT2D eigenvalue weighted by molar-refractivity contribution is 6.42. The summed E-state index contributed by atoms with van der Waals surface area (Å²) in [5.74, 6) is 0. The quantitative estimate of drug-likeness (QED) is 0.677. The number of nitrogens with zero attached hydrogens (tertiary/aromatic N) is 2. The lowest BCUT2D eigenvalue weighted by molar-refractivity contribution is 1.28. The highest BCUT2D eigenvalue weighted by Crippen LogP contribution is 2.24. The Balaban J connectivity index is 2.03. The number of aromatic nitrogens is 1. The van der Waals surface area contributed by atoms with Gasteiger partial charge in [-0.1, -0.05) is 29.3 Å². The SMILES string of the molecule is Clc1ccc(NN=Cc2ccccn2)cc1Cl. The molecule has 0 radical (unpaired) electrons. The third kappa shape index (κ3) is 3.44. The van der Waals surface area contributed by atoms with Crippen LogP contribution in [0.3, 0.4) is 0 Å². The summed E-state index contributed by atoms with van der Waals surface area (Å²) >= 11 is 11.7. The maximum absolute atomic E-state index is 5.87. The molecule has 0 aliphatic carbocycles. The van der Waals surface area contributed by atoms with Gasteiger partial charge in [0.05, 0.1) is 27.6 Å². The van der Waals surface area contributed by atoms with Crippen LogP contribution in [0.2, 0.25) is 10.0 Å². The van der Waals surface area contributed by atoms with Crippen LogP contribution >= 0.6 is 23.2 Å². The number of benzene rings is 1. The molecule has 0 saturated heterocycles. The molecule has 5 heteroatoms. The molecule has 1 N–H and O–H groups in total. The molecule has 0 amide bonds. The summed E-state index contributed by atoms with van der Waals surface area (Å²) in [6.07, 6.45) is 3.34. The van der Waals surface area contributed by atoms with E-state index in [4.69, 9.17) is 23.2 Å². The Morgan fingerprint density at radius 1 is 1.12 bits per heavy atom. The monoisotopic (exact) mass is 265 g/mol. The van der Waals surface area contributed by atoms with Gasteiger partial charge in [0, 0.05) is 6.20 Å². The lowest BCUT2D eigenvalue weighted by Crippen LogP contribution is -1.92. The zero-order valence-corrected chi connectivity index (χ0v) is 10.3. The number of rotatable bonds is 3. The maximum atomic E-state index is 5.87. The van der Waals surface area contributed by atoms with E-state index in [9.17, 15) is 0 Å². The van der Waals surface area contributed by atoms with E-state index in [1.165, 1.54) is 0 Å². The predicted molar refractivity (Wildman–Crippen MR) is 71.9 cm³/mol. The number of nitrogens with one attached hydrogen (secondary N) is 1. The zero-order valence-electron chi connectivity index (χ0n) is 8.77. The lowest BCUT2D eigenvalue weighted by atomic mass is 10.3. The van der Waals surface area contributed by atoms with Crippen molar-refractivity contribution < 1.29 is 0 Å². The molecule has 1 aromatic heterocycles. The van der Waals surface area contributed by atoms with Gasteiger partial charge in [-0.3, -0.25) is 10.4 Å². The van der Waals surface area contributed by atoms with Gasteiger partial charge in [-0.05, 0) is 30.3 Å². The van der Waals surface area contributed by atoms with E-state index < -0.39 is 0 Å². The highest BCUT2D eigenvalue weighted by atomic mass is 35.5. The van der Waals surface area contributed by atoms with Crippen molar-refractivity contribution in [2.45, 2.75) is 0 Å². The molecule has 0 unspecified atom stereocenters. The van der Waals surface area contributed by atoms with Gasteiger partial charge in [-0.2, -0.15) is 5.10 Å². The summed E-state index contributed by atoms with van der Waals surface area (Å²) in [6, 6.07) is 10.8. The van der Waals surface area contributed by atoms with Crippen LogP contribution < -0.4 is 5.43 Å². The number of hydrazone groups is 1. The second-order valence-electron chi connectivity index (χ2n) is 3.25. The van der Waals surface area contributed by atoms with Crippen molar-refractivity contribution in [3.8, 4) is 0 Å². The average molecular weight is 266 g/mol. The second-order valence-corrected chi connectivity index (χ2v) is 4.07. The average Bonchev–Trinajstić information content (AvgIpc) is 2.35. The van der Waals surface area contributed by atoms with Gasteiger partial charge in [-0.25, -0.2) is 0 Å². The highest BCUT2D eigenvalue weighted by Gasteiger charge is 1.97. The van der Waals surface area contributed by atoms with Crippen LogP contribution in [0.4, 0.5) is 5.69 Å². The Hall–Kier alpha value is -1.58. The van der Waals surface area contributed by atoms with E-state index in [0.717, 1.165) is 11.4 Å². The molecule has 0 atom stereocenters. The van der Waals surface area contributed by atoms with Crippen LogP contribution in [0, 0.1) is 0 Å². The standard InChI is InChI=1S/C12H9Cl2N3/c13-11-5-4-9(7-12(11)14)17-16-8-10-3-1-2-6-15-10/h1-8,17H. The third-order valence-electron chi connectivity index (χ3n) is 2.00. The molecular formula is C12H9Cl2N3. The summed E-state index contributed by atoms with van der Waals surface area (Å²) in [6.45, 7) is 0. The number of anilines is 1. The topological polar surface area (TPSA) is 37.3 Å². The van der Waals surface area contributed by atoms with Gasteiger partial charge in [0.2, 0.25) is 0 Å². The van der Waals surface area contributed by atoms with Crippen molar-refractivity contribution >= 4 is 35.1 Å². The third-order valence-corrected chi connectivity index (χ3v) is 2.74. The Morgan fingerprint density at radius 3 is 2.71 bits per heavy atom. The van der Waals surface area contributed by atoms with Gasteiger partial charge in [-0.15, -0.1) is 0 Å². The Labute approximate surface area is 109 Å². The first-order valence-corrected chi connectivity index (χ1v) is 5.66. The van der Waals surface area contributed by atoms with Crippen LogP contribution in [-0.4, -0.2) is 11.2 Å². The molecule has 3 nitrogen and oxygen atoms in total. The molecule has 17 heavy (non-hydrogen) atoms. The summed E-state index contributed by atoms with van der Waals surface area (Å²) in [4.78, 5) is 4.11. The van der Waals surface area contributed by atoms with Gasteiger partial charge >= 0.3 is 0 Å². The Kier molecular flexibility index (Phi) is 3.96. The van der Waals surface area contributed by atoms with Crippen molar-refractivity contribution in [3.05, 3.63) is 58.3 Å². The zero-order chi connectivity index (χ0) is 12.1. The van der Waals surface area contributed by atoms with E-state index in [2.05, 4.69) is 15.5 Å². The predicted octanol–water partition coefficient (Wildman–Crippen LogP) is 3.83. The lowest BCUT2D eigenvalue weighted by Gasteiger charge is -2.01. The van der Waals surface area contributed by atoms with Gasteiger partial charge in [0.15, 0.2) is 0 Å². The fourth-order valence-corrected chi connectivity index (χ4v) is 1.49. The molecule has 2 aromatic rings. The first kappa shape index (κ1) is 11.9. The van der Waals surface area contributed by atoms with Crippen LogP contribution in [0.15, 0.2) is 47.7 Å². The molecule has 0 aliphatic rings. The first-order valence-electron chi connectivity index (χ1n) is 4.91. The van der Waals surface area contributed by atoms with Crippen molar-refractivity contribution in [3.63, 3.8) is 0 Å². The number of halogens is 2. The maximum Gasteiger partial charge on any atom is 0.0830 e. The minimum atomic E-state index is 0.490. The molecule has 2 rings (SSSR count). The van der Waals surface area contributed by atoms with E-state index in [0.29, 0.717) is 10.0 Å². The summed E-state index contributed by atoms with van der Waals surface area (Å²) in [5, 5.41) is 5.05. The molecule has 1 heterocycles. The summed E-state index contributed by atoms with van der Waals surface area (Å²) in [7, 11) is 0. The van der Waals surface area contributed by atoms with Crippen molar-refractivity contribution in [2.24, 2.45) is 5.10 Å². The van der Waals surface area contributed by atoms with E-state index >= 15 is 0 Å². The first-order chi connectivity index (χ1) is 8.25. The minimum Gasteiger partial charge on any atom is -0.278 e. The van der Waals surface area contributed by atoms with E-state index in [1.54, 1.807) is 30.6 Å². The van der Waals surface area contributed by atoms with Crippen LogP contribution in [0.1, 0.15) is 5.69 Å². The van der Waals surface area contributed by atoms with E-state index in [1.807, 2.05) is 18.2 Å². The van der Waals surface area contributed by atoms with Crippen LogP contribution in [-0.2, 0) is 0 Å². The normalized spacial score (nSPS) is 10.7. The molecule has 0 fully saturated rings. The van der Waals surface area contributed by atoms with Gasteiger partial charge < -0.3 is 0 Å². The van der Waals surface area contributed by atoms with Crippen LogP contribution in [0.5, 0.6) is 0 Å². The molecule has 0 spiro atoms. The Bertz CT molecular complexity index is 527. The van der Waals surface area contributed by atoms with Crippen LogP contribution in [0.25, 0.3) is 0 Å². The van der Waals surface area contributed by atoms with Crippen molar-refractivity contribution in [2.75, 3.05) is 5.43 Å². The molecular weight excluding hydrogens is 257 g/mol. The van der Waals surface area contributed by atoms with Crippen molar-refractivity contribution in [1.82, 2.24) is 4.98 Å². The Morgan fingerprint density at radius 2 is 2.00 bits per heavy atom.